The number of hydrogen-bond acceptors (Lipinski definition) is 5. The SMILES string of the molecule is COc1ccc(/C=C/C(=O)Nc2ccccc2OCc2ccncc2)cc1O.Cl. The van der Waals surface area contributed by atoms with E-state index in [0.717, 1.165) is 5.56 Å². The van der Waals surface area contributed by atoms with Gasteiger partial charge in [0.2, 0.25) is 5.91 Å². The molecular formula is C22H21ClN2O4. The first-order valence-corrected chi connectivity index (χ1v) is 8.62. The number of aromatic hydroxyl groups is 1. The number of benzene rings is 2. The van der Waals surface area contributed by atoms with E-state index in [1.54, 1.807) is 42.7 Å². The zero-order valence-electron chi connectivity index (χ0n) is 15.7. The van der Waals surface area contributed by atoms with Crippen molar-refractivity contribution >= 4 is 30.1 Å². The number of phenols is 1. The van der Waals surface area contributed by atoms with Gasteiger partial charge in [-0.3, -0.25) is 9.78 Å². The lowest BCUT2D eigenvalue weighted by Gasteiger charge is -2.11. The summed E-state index contributed by atoms with van der Waals surface area (Å²) >= 11 is 0. The molecule has 0 saturated heterocycles. The largest absolute Gasteiger partial charge is 0.504 e. The van der Waals surface area contributed by atoms with Crippen molar-refractivity contribution < 1.29 is 19.4 Å². The van der Waals surface area contributed by atoms with E-state index < -0.39 is 0 Å². The summed E-state index contributed by atoms with van der Waals surface area (Å²) < 4.78 is 10.8. The molecule has 2 N–H and O–H groups in total. The third kappa shape index (κ3) is 6.26. The van der Waals surface area contributed by atoms with Crippen molar-refractivity contribution in [1.29, 1.82) is 0 Å². The fourth-order valence-corrected chi connectivity index (χ4v) is 2.49. The van der Waals surface area contributed by atoms with Crippen LogP contribution in [0, 0.1) is 0 Å². The Kier molecular flexibility index (Phi) is 8.06. The number of anilines is 1. The number of hydrogen-bond donors (Lipinski definition) is 2. The molecule has 0 atom stereocenters. The summed E-state index contributed by atoms with van der Waals surface area (Å²) in [7, 11) is 1.48. The lowest BCUT2D eigenvalue weighted by Crippen LogP contribution is -2.09. The van der Waals surface area contributed by atoms with Gasteiger partial charge in [-0.25, -0.2) is 0 Å². The number of carbonyl (C=O) groups is 1. The molecule has 0 radical (unpaired) electrons. The van der Waals surface area contributed by atoms with E-state index in [0.29, 0.717) is 29.4 Å². The van der Waals surface area contributed by atoms with Crippen molar-refractivity contribution in [2.75, 3.05) is 12.4 Å². The molecule has 0 aliphatic heterocycles. The Bertz CT molecular complexity index is 978. The van der Waals surface area contributed by atoms with Crippen LogP contribution < -0.4 is 14.8 Å². The molecule has 3 aromatic rings. The highest BCUT2D eigenvalue weighted by Crippen LogP contribution is 2.27. The maximum Gasteiger partial charge on any atom is 0.248 e. The molecule has 3 rings (SSSR count). The Hall–Kier alpha value is -3.51. The molecule has 1 heterocycles. The van der Waals surface area contributed by atoms with E-state index >= 15 is 0 Å². The summed E-state index contributed by atoms with van der Waals surface area (Å²) in [5.41, 5.74) is 2.23. The Morgan fingerprint density at radius 3 is 2.59 bits per heavy atom. The lowest BCUT2D eigenvalue weighted by atomic mass is 10.2. The van der Waals surface area contributed by atoms with Gasteiger partial charge >= 0.3 is 0 Å². The van der Waals surface area contributed by atoms with E-state index in [4.69, 9.17) is 9.47 Å². The number of ether oxygens (including phenoxy) is 2. The number of nitrogens with zero attached hydrogens (tertiary/aromatic N) is 1. The Morgan fingerprint density at radius 2 is 1.86 bits per heavy atom. The molecule has 29 heavy (non-hydrogen) atoms. The Balaban J connectivity index is 0.00000300. The standard InChI is InChI=1S/C22H20N2O4.ClH/c1-27-21-8-6-16(14-19(21)25)7-9-22(26)24-18-4-2-3-5-20(18)28-15-17-10-12-23-13-11-17;/h2-14,25H,15H2,1H3,(H,24,26);1H/b9-7+;. The Labute approximate surface area is 175 Å². The fourth-order valence-electron chi connectivity index (χ4n) is 2.49. The molecule has 0 aliphatic rings. The van der Waals surface area contributed by atoms with Gasteiger partial charge in [0, 0.05) is 18.5 Å². The first-order chi connectivity index (χ1) is 13.7. The molecule has 0 bridgehead atoms. The monoisotopic (exact) mass is 412 g/mol. The van der Waals surface area contributed by atoms with Crippen LogP contribution in [-0.4, -0.2) is 23.1 Å². The van der Waals surface area contributed by atoms with Crippen molar-refractivity contribution in [3.8, 4) is 17.2 Å². The van der Waals surface area contributed by atoms with E-state index in [9.17, 15) is 9.90 Å². The average Bonchev–Trinajstić information content (AvgIpc) is 2.72. The highest BCUT2D eigenvalue weighted by atomic mass is 35.5. The van der Waals surface area contributed by atoms with Crippen LogP contribution in [0.4, 0.5) is 5.69 Å². The number of methoxy groups -OCH3 is 1. The van der Waals surface area contributed by atoms with Gasteiger partial charge in [-0.05, 0) is 53.6 Å². The van der Waals surface area contributed by atoms with Gasteiger partial charge in [0.15, 0.2) is 11.5 Å². The minimum atomic E-state index is -0.310. The molecule has 7 heteroatoms. The van der Waals surface area contributed by atoms with Gasteiger partial charge in [0.05, 0.1) is 12.8 Å². The predicted octanol–water partition coefficient (Wildman–Crippen LogP) is 4.45. The number of halogens is 1. The van der Waals surface area contributed by atoms with Gasteiger partial charge in [0.1, 0.15) is 12.4 Å². The van der Waals surface area contributed by atoms with Crippen LogP contribution in [0.2, 0.25) is 0 Å². The molecule has 0 aliphatic carbocycles. The highest BCUT2D eigenvalue weighted by Gasteiger charge is 2.06. The highest BCUT2D eigenvalue weighted by molar-refractivity contribution is 6.02. The smallest absolute Gasteiger partial charge is 0.248 e. The normalized spacial score (nSPS) is 10.2. The number of para-hydroxylation sites is 2. The van der Waals surface area contributed by atoms with Crippen molar-refractivity contribution in [3.05, 3.63) is 84.2 Å². The number of nitrogens with one attached hydrogen (secondary N) is 1. The second kappa shape index (κ2) is 10.7. The van der Waals surface area contributed by atoms with E-state index in [-0.39, 0.29) is 24.1 Å². The summed E-state index contributed by atoms with van der Waals surface area (Å²) in [4.78, 5) is 16.2. The van der Waals surface area contributed by atoms with Crippen LogP contribution >= 0.6 is 12.4 Å². The summed E-state index contributed by atoms with van der Waals surface area (Å²) in [6.45, 7) is 0.371. The van der Waals surface area contributed by atoms with Gasteiger partial charge in [0.25, 0.3) is 0 Å². The van der Waals surface area contributed by atoms with Crippen LogP contribution in [-0.2, 0) is 11.4 Å². The third-order valence-electron chi connectivity index (χ3n) is 3.92. The topological polar surface area (TPSA) is 80.7 Å². The average molecular weight is 413 g/mol. The zero-order chi connectivity index (χ0) is 19.8. The summed E-state index contributed by atoms with van der Waals surface area (Å²) in [5, 5.41) is 12.6. The van der Waals surface area contributed by atoms with Crippen LogP contribution in [0.5, 0.6) is 17.2 Å². The summed E-state index contributed by atoms with van der Waals surface area (Å²) in [6.07, 6.45) is 6.40. The fraction of sp³-hybridized carbons (Fsp3) is 0.0909. The minimum absolute atomic E-state index is 0. The second-order valence-corrected chi connectivity index (χ2v) is 5.89. The number of aromatic nitrogens is 1. The summed E-state index contributed by atoms with van der Waals surface area (Å²) in [5.74, 6) is 0.653. The number of pyridine rings is 1. The van der Waals surface area contributed by atoms with Gasteiger partial charge in [-0.15, -0.1) is 12.4 Å². The zero-order valence-corrected chi connectivity index (χ0v) is 16.6. The molecule has 150 valence electrons. The van der Waals surface area contributed by atoms with E-state index in [2.05, 4.69) is 10.3 Å². The van der Waals surface area contributed by atoms with Crippen molar-refractivity contribution in [3.63, 3.8) is 0 Å². The molecule has 6 nitrogen and oxygen atoms in total. The van der Waals surface area contributed by atoms with Gasteiger partial charge in [-0.1, -0.05) is 18.2 Å². The van der Waals surface area contributed by atoms with Crippen LogP contribution in [0.15, 0.2) is 73.1 Å². The number of rotatable bonds is 7. The van der Waals surface area contributed by atoms with Crippen molar-refractivity contribution in [1.82, 2.24) is 4.98 Å². The maximum atomic E-state index is 12.3. The second-order valence-electron chi connectivity index (χ2n) is 5.89. The van der Waals surface area contributed by atoms with Crippen molar-refractivity contribution in [2.24, 2.45) is 0 Å². The van der Waals surface area contributed by atoms with Crippen LogP contribution in [0.25, 0.3) is 6.08 Å². The minimum Gasteiger partial charge on any atom is -0.504 e. The number of amides is 1. The molecule has 0 unspecified atom stereocenters. The number of carbonyl (C=O) groups excluding carboxylic acids is 1. The summed E-state index contributed by atoms with van der Waals surface area (Å²) in [6, 6.07) is 15.9. The molecule has 1 aromatic heterocycles. The molecule has 0 saturated carbocycles. The van der Waals surface area contributed by atoms with E-state index in [1.165, 1.54) is 19.3 Å². The third-order valence-corrected chi connectivity index (χ3v) is 3.92. The molecular weight excluding hydrogens is 392 g/mol. The predicted molar refractivity (Wildman–Crippen MR) is 115 cm³/mol. The van der Waals surface area contributed by atoms with Crippen molar-refractivity contribution in [2.45, 2.75) is 6.61 Å². The first kappa shape index (κ1) is 21.8. The number of phenolic OH excluding ortho intramolecular Hbond substituents is 1. The molecule has 0 spiro atoms. The quantitative estimate of drug-likeness (QED) is 0.560. The maximum absolute atomic E-state index is 12.3. The van der Waals surface area contributed by atoms with E-state index in [1.807, 2.05) is 24.3 Å². The van der Waals surface area contributed by atoms with Gasteiger partial charge < -0.3 is 19.9 Å². The molecule has 0 fully saturated rings. The molecule has 2 aromatic carbocycles. The van der Waals surface area contributed by atoms with Crippen LogP contribution in [0.1, 0.15) is 11.1 Å². The molecule has 1 amide bonds. The lowest BCUT2D eigenvalue weighted by molar-refractivity contribution is -0.111. The first-order valence-electron chi connectivity index (χ1n) is 8.62. The van der Waals surface area contributed by atoms with Gasteiger partial charge in [-0.2, -0.15) is 0 Å². The van der Waals surface area contributed by atoms with Crippen LogP contribution in [0.3, 0.4) is 0 Å². The Morgan fingerprint density at radius 1 is 1.10 bits per heavy atom.